The summed E-state index contributed by atoms with van der Waals surface area (Å²) in [6, 6.07) is 9.43. The molecule has 0 aliphatic heterocycles. The van der Waals surface area contributed by atoms with Gasteiger partial charge in [0.1, 0.15) is 11.6 Å². The summed E-state index contributed by atoms with van der Waals surface area (Å²) in [5.41, 5.74) is -1.22. The molecule has 3 saturated carbocycles. The molecular formula is C26H28F2O5S. The maximum Gasteiger partial charge on any atom is 0.314 e. The molecule has 1 N–H and O–H groups in total. The maximum absolute atomic E-state index is 14.7. The van der Waals surface area contributed by atoms with Crippen LogP contribution >= 0.6 is 0 Å². The van der Waals surface area contributed by atoms with Gasteiger partial charge in [-0.15, -0.1) is 0 Å². The monoisotopic (exact) mass is 490 g/mol. The first-order chi connectivity index (χ1) is 16.1. The summed E-state index contributed by atoms with van der Waals surface area (Å²) >= 11 is 0. The van der Waals surface area contributed by atoms with Crippen molar-refractivity contribution in [1.29, 1.82) is 0 Å². The van der Waals surface area contributed by atoms with Crippen LogP contribution < -0.4 is 0 Å². The van der Waals surface area contributed by atoms with Gasteiger partial charge in [0.15, 0.2) is 9.84 Å². The van der Waals surface area contributed by atoms with Crippen molar-refractivity contribution >= 4 is 15.8 Å². The van der Waals surface area contributed by atoms with E-state index in [1.165, 1.54) is 36.4 Å². The molecule has 182 valence electrons. The number of carbonyl (C=O) groups is 1. The summed E-state index contributed by atoms with van der Waals surface area (Å²) in [6.45, 7) is 0.470. The molecule has 0 amide bonds. The lowest BCUT2D eigenvalue weighted by atomic mass is 9.63. The third kappa shape index (κ3) is 4.26. The number of hydrogen-bond acceptors (Lipinski definition) is 4. The second kappa shape index (κ2) is 8.41. The van der Waals surface area contributed by atoms with Gasteiger partial charge in [0.2, 0.25) is 0 Å². The summed E-state index contributed by atoms with van der Waals surface area (Å²) in [5, 5.41) is 9.71. The van der Waals surface area contributed by atoms with E-state index in [1.807, 2.05) is 0 Å². The minimum atomic E-state index is -3.60. The van der Waals surface area contributed by atoms with E-state index in [1.54, 1.807) is 0 Å². The highest BCUT2D eigenvalue weighted by atomic mass is 32.2. The quantitative estimate of drug-likeness (QED) is 0.556. The third-order valence-corrected chi connectivity index (χ3v) is 9.94. The number of ether oxygens (including phenoxy) is 1. The Hall–Kier alpha value is -2.32. The van der Waals surface area contributed by atoms with E-state index in [-0.39, 0.29) is 30.6 Å². The zero-order chi connectivity index (χ0) is 24.1. The summed E-state index contributed by atoms with van der Waals surface area (Å²) in [6.07, 6.45) is 4.25. The first kappa shape index (κ1) is 23.4. The van der Waals surface area contributed by atoms with Gasteiger partial charge in [0, 0.05) is 0 Å². The Kier molecular flexibility index (Phi) is 5.80. The Bertz CT molecular complexity index is 1190. The molecule has 0 saturated heterocycles. The highest BCUT2D eigenvalue weighted by molar-refractivity contribution is 7.92. The normalized spacial score (nSPS) is 27.5. The lowest BCUT2D eigenvalue weighted by molar-refractivity contribution is -0.151. The molecule has 2 aromatic carbocycles. The van der Waals surface area contributed by atoms with Crippen LogP contribution in [-0.2, 0) is 30.4 Å². The third-order valence-electron chi connectivity index (χ3n) is 7.70. The van der Waals surface area contributed by atoms with Crippen LogP contribution in [0.4, 0.5) is 8.78 Å². The molecule has 0 atom stereocenters. The van der Waals surface area contributed by atoms with E-state index in [2.05, 4.69) is 0 Å². The van der Waals surface area contributed by atoms with Gasteiger partial charge in [-0.25, -0.2) is 17.2 Å². The largest absolute Gasteiger partial charge is 0.481 e. The van der Waals surface area contributed by atoms with Crippen LogP contribution in [0.5, 0.6) is 0 Å². The molecule has 0 radical (unpaired) electrons. The molecule has 0 spiro atoms. The molecule has 3 fully saturated rings. The Labute approximate surface area is 198 Å². The molecule has 8 heteroatoms. The van der Waals surface area contributed by atoms with Gasteiger partial charge in [-0.3, -0.25) is 4.79 Å². The minimum Gasteiger partial charge on any atom is -0.481 e. The molecule has 0 unspecified atom stereocenters. The second-order valence-electron chi connectivity index (χ2n) is 10.1. The predicted octanol–water partition coefficient (Wildman–Crippen LogP) is 5.12. The Morgan fingerprint density at radius 2 is 1.56 bits per heavy atom. The molecular weight excluding hydrogens is 462 g/mol. The zero-order valence-corrected chi connectivity index (χ0v) is 19.6. The van der Waals surface area contributed by atoms with Crippen LogP contribution in [-0.4, -0.2) is 31.4 Å². The van der Waals surface area contributed by atoms with Crippen LogP contribution in [0, 0.1) is 17.6 Å². The van der Waals surface area contributed by atoms with E-state index < -0.39 is 43.7 Å². The Morgan fingerprint density at radius 3 is 2.12 bits per heavy atom. The van der Waals surface area contributed by atoms with Crippen LogP contribution in [0.3, 0.4) is 0 Å². The number of rotatable bonds is 8. The van der Waals surface area contributed by atoms with E-state index in [0.29, 0.717) is 36.5 Å². The minimum absolute atomic E-state index is 0.0343. The standard InChI is InChI=1S/C26H28F2O5S/c27-20-5-3-18(4-6-20)25(24(29)30)9-11-26(12-10-25,33-16-17-1-2-17)19-13-21(28)15-23(14-19)34(31,32)22-7-8-22/h3-6,13-15,17,22H,1-2,7-12,16H2,(H,29,30). The number of aliphatic carboxylic acids is 1. The van der Waals surface area contributed by atoms with E-state index in [9.17, 15) is 27.1 Å². The molecule has 0 aromatic heterocycles. The van der Waals surface area contributed by atoms with E-state index in [4.69, 9.17) is 4.74 Å². The summed E-state index contributed by atoms with van der Waals surface area (Å²) in [4.78, 5) is 12.4. The van der Waals surface area contributed by atoms with Crippen molar-refractivity contribution in [2.75, 3.05) is 6.61 Å². The van der Waals surface area contributed by atoms with Crippen LogP contribution in [0.2, 0.25) is 0 Å². The number of carboxylic acids is 1. The van der Waals surface area contributed by atoms with Crippen molar-refractivity contribution in [3.05, 3.63) is 65.2 Å². The van der Waals surface area contributed by atoms with Crippen molar-refractivity contribution < 1.29 is 31.8 Å². The first-order valence-electron chi connectivity index (χ1n) is 11.8. The van der Waals surface area contributed by atoms with Gasteiger partial charge >= 0.3 is 5.97 Å². The van der Waals surface area contributed by atoms with Crippen molar-refractivity contribution in [1.82, 2.24) is 0 Å². The van der Waals surface area contributed by atoms with Gasteiger partial charge in [0.25, 0.3) is 0 Å². The van der Waals surface area contributed by atoms with E-state index in [0.717, 1.165) is 18.9 Å². The van der Waals surface area contributed by atoms with Gasteiger partial charge in [0.05, 0.1) is 27.8 Å². The Morgan fingerprint density at radius 1 is 0.912 bits per heavy atom. The molecule has 0 heterocycles. The fraction of sp³-hybridized carbons (Fsp3) is 0.500. The SMILES string of the molecule is O=C(O)C1(c2ccc(F)cc2)CCC(OCC2CC2)(c2cc(F)cc(S(=O)(=O)C3CC3)c2)CC1. The molecule has 5 nitrogen and oxygen atoms in total. The van der Waals surface area contributed by atoms with Crippen LogP contribution in [0.1, 0.15) is 62.5 Å². The smallest absolute Gasteiger partial charge is 0.314 e. The van der Waals surface area contributed by atoms with Crippen molar-refractivity contribution in [3.8, 4) is 0 Å². The highest BCUT2D eigenvalue weighted by Crippen LogP contribution is 2.51. The summed E-state index contributed by atoms with van der Waals surface area (Å²) in [5.74, 6) is -1.65. The number of hydrogen-bond donors (Lipinski definition) is 1. The fourth-order valence-electron chi connectivity index (χ4n) is 5.11. The van der Waals surface area contributed by atoms with Gasteiger partial charge < -0.3 is 9.84 Å². The van der Waals surface area contributed by atoms with Crippen LogP contribution in [0.25, 0.3) is 0 Å². The second-order valence-corrected chi connectivity index (χ2v) is 12.3. The number of benzene rings is 2. The number of halogens is 2. The summed E-state index contributed by atoms with van der Waals surface area (Å²) in [7, 11) is -3.60. The fourth-order valence-corrected chi connectivity index (χ4v) is 6.82. The topological polar surface area (TPSA) is 80.7 Å². The molecule has 5 rings (SSSR count). The first-order valence-corrected chi connectivity index (χ1v) is 13.4. The number of sulfone groups is 1. The lowest BCUT2D eigenvalue weighted by Gasteiger charge is -2.45. The van der Waals surface area contributed by atoms with Gasteiger partial charge in [-0.05, 0) is 98.7 Å². The zero-order valence-electron chi connectivity index (χ0n) is 18.8. The highest BCUT2D eigenvalue weighted by Gasteiger charge is 2.50. The average Bonchev–Trinajstić information content (AvgIpc) is 3.71. The lowest BCUT2D eigenvalue weighted by Crippen LogP contribution is -2.46. The molecule has 2 aromatic rings. The Balaban J connectivity index is 1.51. The van der Waals surface area contributed by atoms with E-state index >= 15 is 0 Å². The molecule has 3 aliphatic rings. The average molecular weight is 491 g/mol. The van der Waals surface area contributed by atoms with Crippen molar-refractivity contribution in [2.24, 2.45) is 5.92 Å². The van der Waals surface area contributed by atoms with Gasteiger partial charge in [-0.2, -0.15) is 0 Å². The van der Waals surface area contributed by atoms with Crippen molar-refractivity contribution in [2.45, 2.75) is 72.5 Å². The molecule has 3 aliphatic carbocycles. The van der Waals surface area contributed by atoms with Crippen molar-refractivity contribution in [3.63, 3.8) is 0 Å². The van der Waals surface area contributed by atoms with Crippen LogP contribution in [0.15, 0.2) is 47.4 Å². The predicted molar refractivity (Wildman–Crippen MR) is 121 cm³/mol. The maximum atomic E-state index is 14.7. The van der Waals surface area contributed by atoms with Gasteiger partial charge in [-0.1, -0.05) is 12.1 Å². The summed E-state index contributed by atoms with van der Waals surface area (Å²) < 4.78 is 60.3. The molecule has 0 bridgehead atoms. The molecule has 34 heavy (non-hydrogen) atoms. The number of carboxylic acid groups (broad SMARTS) is 1.